The van der Waals surface area contributed by atoms with Crippen molar-refractivity contribution in [3.8, 4) is 0 Å². The van der Waals surface area contributed by atoms with Crippen LogP contribution in [0, 0.1) is 0 Å². The van der Waals surface area contributed by atoms with Crippen LogP contribution >= 0.6 is 23.2 Å². The summed E-state index contributed by atoms with van der Waals surface area (Å²) in [5, 5.41) is 0.996. The number of rotatable bonds is 4. The van der Waals surface area contributed by atoms with Gasteiger partial charge < -0.3 is 14.7 Å². The van der Waals surface area contributed by atoms with Crippen LogP contribution in [-0.2, 0) is 4.79 Å². The number of pyridine rings is 1. The highest BCUT2D eigenvalue weighted by atomic mass is 35.5. The number of amides is 2. The summed E-state index contributed by atoms with van der Waals surface area (Å²) in [6, 6.07) is 9.06. The van der Waals surface area contributed by atoms with Gasteiger partial charge in [0.05, 0.1) is 10.0 Å². The highest BCUT2D eigenvalue weighted by Gasteiger charge is 2.31. The lowest BCUT2D eigenvalue weighted by Gasteiger charge is -2.36. The number of fused-ring (bicyclic) bond motifs is 1. The predicted molar refractivity (Wildman–Crippen MR) is 114 cm³/mol. The topological polar surface area (TPSA) is 56.8 Å². The quantitative estimate of drug-likeness (QED) is 0.743. The lowest BCUT2D eigenvalue weighted by atomic mass is 10.1. The van der Waals surface area contributed by atoms with E-state index in [1.807, 2.05) is 28.0 Å². The Hall–Kier alpha value is -2.57. The maximum Gasteiger partial charge on any atom is 0.258 e. The predicted octanol–water partition coefficient (Wildman–Crippen LogP) is 3.55. The van der Waals surface area contributed by atoms with Crippen molar-refractivity contribution in [3.63, 3.8) is 0 Å². The number of anilines is 1. The molecule has 0 radical (unpaired) electrons. The van der Waals surface area contributed by atoms with E-state index in [0.717, 1.165) is 5.56 Å². The van der Waals surface area contributed by atoms with Gasteiger partial charge in [-0.15, -0.1) is 0 Å². The van der Waals surface area contributed by atoms with Crippen molar-refractivity contribution in [3.05, 3.63) is 64.3 Å². The molecule has 8 heteroatoms. The molecule has 0 aliphatic carbocycles. The monoisotopic (exact) mass is 430 g/mol. The fourth-order valence-corrected chi connectivity index (χ4v) is 4.24. The Kier molecular flexibility index (Phi) is 5.48. The van der Waals surface area contributed by atoms with Crippen LogP contribution in [0.3, 0.4) is 0 Å². The molecule has 2 aliphatic heterocycles. The number of piperazine rings is 1. The van der Waals surface area contributed by atoms with E-state index in [1.165, 1.54) is 0 Å². The Balaban J connectivity index is 1.32. The third-order valence-electron chi connectivity index (χ3n) is 5.31. The van der Waals surface area contributed by atoms with Gasteiger partial charge in [-0.05, 0) is 12.1 Å². The van der Waals surface area contributed by atoms with E-state index in [2.05, 4.69) is 11.6 Å². The molecule has 2 aromatic rings. The first kappa shape index (κ1) is 19.7. The van der Waals surface area contributed by atoms with Crippen molar-refractivity contribution >= 4 is 46.5 Å². The van der Waals surface area contributed by atoms with E-state index >= 15 is 0 Å². The third-order valence-corrected chi connectivity index (χ3v) is 5.79. The van der Waals surface area contributed by atoms with E-state index in [0.29, 0.717) is 59.8 Å². The van der Waals surface area contributed by atoms with Gasteiger partial charge in [0.1, 0.15) is 5.82 Å². The first-order valence-corrected chi connectivity index (χ1v) is 10.1. The van der Waals surface area contributed by atoms with Gasteiger partial charge in [-0.1, -0.05) is 48.0 Å². The molecule has 1 fully saturated rings. The van der Waals surface area contributed by atoms with Gasteiger partial charge in [0, 0.05) is 62.2 Å². The average molecular weight is 431 g/mol. The molecule has 6 nitrogen and oxygen atoms in total. The molecule has 0 spiro atoms. The van der Waals surface area contributed by atoms with E-state index in [4.69, 9.17) is 23.2 Å². The van der Waals surface area contributed by atoms with Gasteiger partial charge in [-0.2, -0.15) is 0 Å². The van der Waals surface area contributed by atoms with Crippen molar-refractivity contribution in [2.24, 2.45) is 0 Å². The van der Waals surface area contributed by atoms with E-state index in [1.54, 1.807) is 23.2 Å². The normalized spacial score (nSPS) is 16.4. The Morgan fingerprint density at radius 1 is 1.10 bits per heavy atom. The molecule has 29 heavy (non-hydrogen) atoms. The van der Waals surface area contributed by atoms with Crippen LogP contribution in [0.5, 0.6) is 0 Å². The summed E-state index contributed by atoms with van der Waals surface area (Å²) < 4.78 is 0. The van der Waals surface area contributed by atoms with Crippen LogP contribution in [0.2, 0.25) is 10.0 Å². The number of aromatic nitrogens is 1. The number of benzene rings is 1. The molecule has 4 rings (SSSR count). The number of carbonyl (C=O) groups is 2. The zero-order valence-corrected chi connectivity index (χ0v) is 17.3. The number of hydrogen-bond donors (Lipinski definition) is 0. The molecule has 0 bridgehead atoms. The molecule has 1 aromatic heterocycles. The minimum atomic E-state index is -0.0910. The van der Waals surface area contributed by atoms with Crippen LogP contribution < -0.4 is 4.90 Å². The van der Waals surface area contributed by atoms with Crippen LogP contribution in [0.4, 0.5) is 5.82 Å². The standard InChI is InChI=1S/C21H20Cl2N4O2/c1-14-16-4-2-3-5-17(16)21(29)27(14)7-6-19(28)25-8-10-26(11-9-25)20-18(23)12-15(22)13-24-20/h2-5,12-13H,1,6-11H2. The van der Waals surface area contributed by atoms with Crippen LogP contribution in [-0.4, -0.2) is 59.3 Å². The lowest BCUT2D eigenvalue weighted by Crippen LogP contribution is -2.49. The van der Waals surface area contributed by atoms with Crippen molar-refractivity contribution < 1.29 is 9.59 Å². The highest BCUT2D eigenvalue weighted by molar-refractivity contribution is 6.36. The fraction of sp³-hybridized carbons (Fsp3) is 0.286. The number of nitrogens with zero attached hydrogens (tertiary/aromatic N) is 4. The lowest BCUT2D eigenvalue weighted by molar-refractivity contribution is -0.131. The molecule has 3 heterocycles. The molecule has 0 unspecified atom stereocenters. The van der Waals surface area contributed by atoms with Gasteiger partial charge in [0.25, 0.3) is 5.91 Å². The summed E-state index contributed by atoms with van der Waals surface area (Å²) in [4.78, 5) is 35.0. The van der Waals surface area contributed by atoms with Crippen LogP contribution in [0.15, 0.2) is 43.1 Å². The highest BCUT2D eigenvalue weighted by Crippen LogP contribution is 2.31. The second-order valence-electron chi connectivity index (χ2n) is 7.03. The SMILES string of the molecule is C=C1c2ccccc2C(=O)N1CCC(=O)N1CCN(c2ncc(Cl)cc2Cl)CC1. The molecule has 0 saturated carbocycles. The smallest absolute Gasteiger partial charge is 0.258 e. The Morgan fingerprint density at radius 2 is 1.79 bits per heavy atom. The number of hydrogen-bond acceptors (Lipinski definition) is 4. The van der Waals surface area contributed by atoms with Gasteiger partial charge in [0.15, 0.2) is 0 Å². The van der Waals surface area contributed by atoms with Gasteiger partial charge in [-0.25, -0.2) is 4.98 Å². The molecule has 1 aromatic carbocycles. The largest absolute Gasteiger partial charge is 0.352 e. The molecule has 2 amide bonds. The zero-order valence-electron chi connectivity index (χ0n) is 15.8. The zero-order chi connectivity index (χ0) is 20.5. The first-order valence-electron chi connectivity index (χ1n) is 9.39. The Bertz CT molecular complexity index is 951. The van der Waals surface area contributed by atoms with Gasteiger partial charge >= 0.3 is 0 Å². The maximum atomic E-state index is 12.7. The number of carbonyl (C=O) groups excluding carboxylic acids is 2. The summed E-state index contributed by atoms with van der Waals surface area (Å²) in [7, 11) is 0. The maximum absolute atomic E-state index is 12.7. The molecular formula is C21H20Cl2N4O2. The third kappa shape index (κ3) is 3.82. The van der Waals surface area contributed by atoms with Gasteiger partial charge in [-0.3, -0.25) is 9.59 Å². The molecule has 0 atom stereocenters. The van der Waals surface area contributed by atoms with Crippen molar-refractivity contribution in [2.75, 3.05) is 37.6 Å². The Labute approximate surface area is 179 Å². The molecule has 150 valence electrons. The van der Waals surface area contributed by atoms with Crippen LogP contribution in [0.1, 0.15) is 22.3 Å². The van der Waals surface area contributed by atoms with Crippen LogP contribution in [0.25, 0.3) is 5.70 Å². The second kappa shape index (κ2) is 8.05. The van der Waals surface area contributed by atoms with Crippen molar-refractivity contribution in [2.45, 2.75) is 6.42 Å². The second-order valence-corrected chi connectivity index (χ2v) is 7.87. The van der Waals surface area contributed by atoms with E-state index in [9.17, 15) is 9.59 Å². The summed E-state index contributed by atoms with van der Waals surface area (Å²) in [5.41, 5.74) is 2.14. The van der Waals surface area contributed by atoms with Gasteiger partial charge in [0.2, 0.25) is 5.91 Å². The molecule has 0 N–H and O–H groups in total. The van der Waals surface area contributed by atoms with E-state index < -0.39 is 0 Å². The minimum Gasteiger partial charge on any atom is -0.352 e. The Morgan fingerprint density at radius 3 is 2.45 bits per heavy atom. The fourth-order valence-electron chi connectivity index (χ4n) is 3.74. The summed E-state index contributed by atoms with van der Waals surface area (Å²) in [6.45, 7) is 6.79. The summed E-state index contributed by atoms with van der Waals surface area (Å²) in [6.07, 6.45) is 1.83. The first-order chi connectivity index (χ1) is 14.0. The van der Waals surface area contributed by atoms with Crippen molar-refractivity contribution in [1.29, 1.82) is 0 Å². The van der Waals surface area contributed by atoms with Crippen molar-refractivity contribution in [1.82, 2.24) is 14.8 Å². The molecular weight excluding hydrogens is 411 g/mol. The van der Waals surface area contributed by atoms with E-state index in [-0.39, 0.29) is 18.2 Å². The summed E-state index contributed by atoms with van der Waals surface area (Å²) in [5.74, 6) is 0.614. The summed E-state index contributed by atoms with van der Waals surface area (Å²) >= 11 is 12.1. The average Bonchev–Trinajstić information content (AvgIpc) is 2.97. The molecule has 2 aliphatic rings. The minimum absolute atomic E-state index is 0.0244. The number of halogens is 2. The molecule has 1 saturated heterocycles.